The largest absolute Gasteiger partial charge is 0.457 e. The first kappa shape index (κ1) is 28.3. The second-order valence-corrected chi connectivity index (χ2v) is 10.8. The minimum atomic E-state index is -1.27. The van der Waals surface area contributed by atoms with Crippen LogP contribution in [0.25, 0.3) is 11.0 Å². The van der Waals surface area contributed by atoms with Crippen LogP contribution in [-0.2, 0) is 9.59 Å². The van der Waals surface area contributed by atoms with Gasteiger partial charge in [0.15, 0.2) is 0 Å². The van der Waals surface area contributed by atoms with E-state index in [1.54, 1.807) is 42.6 Å². The number of primary amides is 1. The predicted octanol–water partition coefficient (Wildman–Crippen LogP) is 3.06. The molecule has 2 aliphatic rings. The lowest BCUT2D eigenvalue weighted by molar-refractivity contribution is -0.133. The number of H-pyrrole nitrogens is 1. The summed E-state index contributed by atoms with van der Waals surface area (Å²) in [4.78, 5) is 49.6. The van der Waals surface area contributed by atoms with E-state index >= 15 is 0 Å². The van der Waals surface area contributed by atoms with Crippen molar-refractivity contribution in [3.8, 4) is 11.5 Å². The zero-order valence-corrected chi connectivity index (χ0v) is 23.4. The number of ether oxygens (including phenoxy) is 1. The topological polar surface area (TPSA) is 146 Å². The lowest BCUT2D eigenvalue weighted by atomic mass is 10.0. The number of pyridine rings is 1. The second kappa shape index (κ2) is 11.8. The van der Waals surface area contributed by atoms with Crippen molar-refractivity contribution in [2.24, 2.45) is 11.1 Å². The lowest BCUT2D eigenvalue weighted by Gasteiger charge is -2.26. The van der Waals surface area contributed by atoms with Crippen molar-refractivity contribution >= 4 is 40.1 Å². The van der Waals surface area contributed by atoms with Gasteiger partial charge in [0.1, 0.15) is 34.1 Å². The Morgan fingerprint density at radius 3 is 2.35 bits per heavy atom. The van der Waals surface area contributed by atoms with Crippen molar-refractivity contribution in [1.29, 1.82) is 0 Å². The molecule has 11 nitrogen and oxygen atoms in total. The molecule has 0 radical (unpaired) electrons. The van der Waals surface area contributed by atoms with Gasteiger partial charge in [0.05, 0.1) is 5.39 Å². The summed E-state index contributed by atoms with van der Waals surface area (Å²) >= 11 is 0. The number of benzene rings is 2. The molecule has 12 heteroatoms. The van der Waals surface area contributed by atoms with Crippen molar-refractivity contribution in [3.63, 3.8) is 0 Å². The van der Waals surface area contributed by atoms with Gasteiger partial charge in [-0.2, -0.15) is 0 Å². The number of nitrogens with two attached hydrogens (primary N) is 1. The van der Waals surface area contributed by atoms with Gasteiger partial charge < -0.3 is 26.1 Å². The maximum absolute atomic E-state index is 13.6. The van der Waals surface area contributed by atoms with Crippen molar-refractivity contribution in [2.45, 2.75) is 12.8 Å². The van der Waals surface area contributed by atoms with Gasteiger partial charge in [0.25, 0.3) is 5.91 Å². The molecule has 5 N–H and O–H groups in total. The molecule has 4 aromatic rings. The van der Waals surface area contributed by atoms with Gasteiger partial charge in [-0.15, -0.1) is 0 Å². The average molecular weight is 586 g/mol. The van der Waals surface area contributed by atoms with Crippen LogP contribution in [0.1, 0.15) is 23.3 Å². The van der Waals surface area contributed by atoms with Crippen molar-refractivity contribution in [3.05, 3.63) is 78.4 Å². The summed E-state index contributed by atoms with van der Waals surface area (Å²) in [7, 11) is 0. The van der Waals surface area contributed by atoms with Crippen LogP contribution in [0.3, 0.4) is 0 Å². The van der Waals surface area contributed by atoms with Gasteiger partial charge >= 0.3 is 0 Å². The third kappa shape index (κ3) is 5.92. The minimum Gasteiger partial charge on any atom is -0.457 e. The zero-order chi connectivity index (χ0) is 30.0. The Morgan fingerprint density at radius 2 is 1.70 bits per heavy atom. The number of carbonyl (C=O) groups is 3. The van der Waals surface area contributed by atoms with Crippen LogP contribution in [0.5, 0.6) is 11.5 Å². The smallest absolute Gasteiger partial charge is 0.267 e. The number of piperazine rings is 1. The number of carbonyl (C=O) groups excluding carboxylic acids is 3. The molecular formula is C31H32FN7O4. The SMILES string of the molecule is NC(=O)C1(C(=O)N(c2ccc(F)cc2)c2ccc(Oc3ccnc4[nH]c(C(=O)NCCN5CCNCC5)cc34)cc2)CC1. The van der Waals surface area contributed by atoms with Gasteiger partial charge in [-0.3, -0.25) is 24.2 Å². The number of fused-ring (bicyclic) bond motifs is 1. The Labute approximate surface area is 247 Å². The predicted molar refractivity (Wildman–Crippen MR) is 159 cm³/mol. The third-order valence-corrected chi connectivity index (χ3v) is 7.90. The molecule has 1 aliphatic carbocycles. The van der Waals surface area contributed by atoms with E-state index in [1.165, 1.54) is 29.2 Å². The average Bonchev–Trinajstić information content (AvgIpc) is 3.72. The molecule has 0 atom stereocenters. The molecule has 0 bridgehead atoms. The maximum Gasteiger partial charge on any atom is 0.267 e. The Balaban J connectivity index is 1.18. The molecule has 3 heterocycles. The molecule has 1 saturated heterocycles. The molecule has 2 fully saturated rings. The van der Waals surface area contributed by atoms with E-state index in [-0.39, 0.29) is 5.91 Å². The fraction of sp³-hybridized carbons (Fsp3) is 0.290. The van der Waals surface area contributed by atoms with Crippen LogP contribution in [0.4, 0.5) is 15.8 Å². The maximum atomic E-state index is 13.6. The van der Waals surface area contributed by atoms with Crippen molar-refractivity contribution < 1.29 is 23.5 Å². The third-order valence-electron chi connectivity index (χ3n) is 7.90. The summed E-state index contributed by atoms with van der Waals surface area (Å²) in [5, 5.41) is 6.91. The number of rotatable bonds is 10. The highest BCUT2D eigenvalue weighted by Crippen LogP contribution is 2.49. The van der Waals surface area contributed by atoms with E-state index in [1.807, 2.05) is 0 Å². The summed E-state index contributed by atoms with van der Waals surface area (Å²) in [6, 6.07) is 15.6. The lowest BCUT2D eigenvalue weighted by Crippen LogP contribution is -2.46. The zero-order valence-electron chi connectivity index (χ0n) is 23.4. The monoisotopic (exact) mass is 585 g/mol. The minimum absolute atomic E-state index is 0.224. The van der Waals surface area contributed by atoms with Gasteiger partial charge in [-0.05, 0) is 73.5 Å². The summed E-state index contributed by atoms with van der Waals surface area (Å²) < 4.78 is 19.8. The van der Waals surface area contributed by atoms with E-state index in [0.717, 1.165) is 32.7 Å². The Bertz CT molecular complexity index is 1650. The van der Waals surface area contributed by atoms with Crippen LogP contribution in [0.2, 0.25) is 0 Å². The van der Waals surface area contributed by atoms with E-state index in [4.69, 9.17) is 10.5 Å². The van der Waals surface area contributed by atoms with Crippen LogP contribution in [-0.4, -0.2) is 71.9 Å². The summed E-state index contributed by atoms with van der Waals surface area (Å²) in [5.41, 5.74) is 6.08. The van der Waals surface area contributed by atoms with E-state index in [9.17, 15) is 18.8 Å². The second-order valence-electron chi connectivity index (χ2n) is 10.8. The van der Waals surface area contributed by atoms with Gasteiger partial charge in [0.2, 0.25) is 11.8 Å². The van der Waals surface area contributed by atoms with Crippen molar-refractivity contribution in [2.75, 3.05) is 44.2 Å². The molecule has 1 aliphatic heterocycles. The summed E-state index contributed by atoms with van der Waals surface area (Å²) in [6.45, 7) is 5.14. The number of aromatic nitrogens is 2. The number of aromatic amines is 1. The van der Waals surface area contributed by atoms with Gasteiger partial charge in [0, 0.05) is 56.8 Å². The first-order chi connectivity index (χ1) is 20.8. The molecule has 43 heavy (non-hydrogen) atoms. The Kier molecular flexibility index (Phi) is 7.78. The molecule has 3 amide bonds. The molecule has 2 aromatic carbocycles. The number of halogens is 1. The molecule has 0 spiro atoms. The highest BCUT2D eigenvalue weighted by Gasteiger charge is 2.57. The van der Waals surface area contributed by atoms with E-state index in [0.29, 0.717) is 59.0 Å². The highest BCUT2D eigenvalue weighted by molar-refractivity contribution is 6.16. The normalized spacial score (nSPS) is 16.0. The fourth-order valence-electron chi connectivity index (χ4n) is 5.24. The van der Waals surface area contributed by atoms with Crippen LogP contribution >= 0.6 is 0 Å². The number of anilines is 2. The first-order valence-electron chi connectivity index (χ1n) is 14.2. The molecule has 1 saturated carbocycles. The van der Waals surface area contributed by atoms with Crippen LogP contribution in [0.15, 0.2) is 66.9 Å². The Morgan fingerprint density at radius 1 is 1.02 bits per heavy atom. The van der Waals surface area contributed by atoms with Crippen molar-refractivity contribution in [1.82, 2.24) is 25.5 Å². The number of amides is 3. The number of nitrogens with one attached hydrogen (secondary N) is 3. The molecule has 0 unspecified atom stereocenters. The standard InChI is InChI=1S/C31H32FN7O4/c32-20-1-3-21(4-2-20)39(30(42)31(10-11-31)29(33)41)22-5-7-23(8-6-22)43-26-9-12-35-27-24(26)19-25(37-27)28(40)36-15-18-38-16-13-34-14-17-38/h1-9,12,19,34H,10-11,13-18H2,(H2,33,41)(H,35,37)(H,36,40). The molecule has 222 valence electrons. The van der Waals surface area contributed by atoms with E-state index in [2.05, 4.69) is 25.5 Å². The Hall–Kier alpha value is -4.81. The number of nitrogens with zero attached hydrogens (tertiary/aromatic N) is 3. The number of hydrogen-bond donors (Lipinski definition) is 4. The fourth-order valence-corrected chi connectivity index (χ4v) is 5.24. The molecule has 2 aromatic heterocycles. The molecular weight excluding hydrogens is 553 g/mol. The summed E-state index contributed by atoms with van der Waals surface area (Å²) in [5.74, 6) is -0.834. The van der Waals surface area contributed by atoms with Crippen LogP contribution < -0.4 is 26.0 Å². The van der Waals surface area contributed by atoms with Gasteiger partial charge in [-0.1, -0.05) is 0 Å². The quantitative estimate of drug-likeness (QED) is 0.209. The van der Waals surface area contributed by atoms with E-state index < -0.39 is 23.0 Å². The van der Waals surface area contributed by atoms with Gasteiger partial charge in [-0.25, -0.2) is 9.37 Å². The first-order valence-corrected chi connectivity index (χ1v) is 14.2. The molecule has 6 rings (SSSR count). The highest BCUT2D eigenvalue weighted by atomic mass is 19.1. The number of hydrogen-bond acceptors (Lipinski definition) is 7. The summed E-state index contributed by atoms with van der Waals surface area (Å²) in [6.07, 6.45) is 2.32. The van der Waals surface area contributed by atoms with Crippen LogP contribution in [0, 0.1) is 11.2 Å².